The Morgan fingerprint density at radius 2 is 1.60 bits per heavy atom. The molecular weight excluding hydrogens is 342 g/mol. The summed E-state index contributed by atoms with van der Waals surface area (Å²) >= 11 is 0. The van der Waals surface area contributed by atoms with Crippen LogP contribution in [0.15, 0.2) is 28.0 Å². The molecule has 1 heterocycles. The molecule has 0 aliphatic heterocycles. The molecule has 0 saturated heterocycles. The number of sulfonamides is 1. The highest BCUT2D eigenvalue weighted by Gasteiger charge is 2.24. The van der Waals surface area contributed by atoms with Crippen molar-refractivity contribution in [2.75, 3.05) is 13.1 Å². The van der Waals surface area contributed by atoms with Gasteiger partial charge in [0.25, 0.3) is 5.56 Å². The van der Waals surface area contributed by atoms with Crippen LogP contribution in [0.5, 0.6) is 0 Å². The van der Waals surface area contributed by atoms with Gasteiger partial charge in [-0.2, -0.15) is 4.31 Å². The molecule has 0 bridgehead atoms. The van der Waals surface area contributed by atoms with E-state index in [4.69, 9.17) is 0 Å². The maximum atomic E-state index is 12.6. The molecule has 0 unspecified atom stereocenters. The van der Waals surface area contributed by atoms with E-state index in [2.05, 4.69) is 0 Å². The van der Waals surface area contributed by atoms with Crippen LogP contribution < -0.4 is 5.56 Å². The van der Waals surface area contributed by atoms with Gasteiger partial charge >= 0.3 is 0 Å². The summed E-state index contributed by atoms with van der Waals surface area (Å²) in [5.41, 5.74) is -0.403. The van der Waals surface area contributed by atoms with Crippen molar-refractivity contribution in [2.24, 2.45) is 0 Å². The Bertz CT molecular complexity index is 741. The van der Waals surface area contributed by atoms with Gasteiger partial charge in [0.1, 0.15) is 6.54 Å². The van der Waals surface area contributed by atoms with E-state index in [0.717, 1.165) is 4.57 Å². The monoisotopic (exact) mass is 371 g/mol. The lowest BCUT2D eigenvalue weighted by atomic mass is 10.2. The van der Waals surface area contributed by atoms with Crippen molar-refractivity contribution in [2.45, 2.75) is 65.1 Å². The third kappa shape index (κ3) is 4.92. The Hall–Kier alpha value is -1.67. The zero-order valence-electron chi connectivity index (χ0n) is 15.9. The predicted octanol–water partition coefficient (Wildman–Crippen LogP) is 1.52. The minimum absolute atomic E-state index is 0.00853. The van der Waals surface area contributed by atoms with Gasteiger partial charge in [0, 0.05) is 37.4 Å². The highest BCUT2D eigenvalue weighted by atomic mass is 32.2. The summed E-state index contributed by atoms with van der Waals surface area (Å²) in [6.45, 7) is 11.6. The van der Waals surface area contributed by atoms with E-state index < -0.39 is 15.6 Å². The lowest BCUT2D eigenvalue weighted by Crippen LogP contribution is -2.44. The van der Waals surface area contributed by atoms with Gasteiger partial charge in [-0.3, -0.25) is 9.59 Å². The first-order valence-electron chi connectivity index (χ1n) is 8.58. The van der Waals surface area contributed by atoms with Crippen molar-refractivity contribution >= 4 is 15.9 Å². The number of aromatic nitrogens is 1. The highest BCUT2D eigenvalue weighted by Crippen LogP contribution is 2.14. The Balaban J connectivity index is 3.23. The largest absolute Gasteiger partial charge is 0.336 e. The first-order valence-corrected chi connectivity index (χ1v) is 10.0. The SMILES string of the molecule is CCN(CC)S(=O)(=O)c1ccc(=O)n(CC(=O)N(C(C)C)C(C)C)c1. The second-order valence-electron chi connectivity index (χ2n) is 6.41. The number of amides is 1. The van der Waals surface area contributed by atoms with Gasteiger partial charge < -0.3 is 9.47 Å². The van der Waals surface area contributed by atoms with Gasteiger partial charge in [0.05, 0.1) is 4.90 Å². The Morgan fingerprint density at radius 1 is 1.08 bits per heavy atom. The second-order valence-corrected chi connectivity index (χ2v) is 8.35. The van der Waals surface area contributed by atoms with E-state index in [1.165, 1.54) is 22.6 Å². The molecule has 25 heavy (non-hydrogen) atoms. The molecule has 0 radical (unpaired) electrons. The van der Waals surface area contributed by atoms with E-state index in [9.17, 15) is 18.0 Å². The molecule has 8 heteroatoms. The molecular formula is C17H29N3O4S. The second kappa shape index (κ2) is 8.62. The van der Waals surface area contributed by atoms with Crippen LogP contribution in [0.2, 0.25) is 0 Å². The van der Waals surface area contributed by atoms with Gasteiger partial charge in [-0.15, -0.1) is 0 Å². The summed E-state index contributed by atoms with van der Waals surface area (Å²) < 4.78 is 27.7. The van der Waals surface area contributed by atoms with Gasteiger partial charge in [0.2, 0.25) is 15.9 Å². The molecule has 0 aliphatic carbocycles. The normalized spacial score (nSPS) is 12.2. The van der Waals surface area contributed by atoms with Gasteiger partial charge in [-0.1, -0.05) is 13.8 Å². The van der Waals surface area contributed by atoms with Crippen LogP contribution >= 0.6 is 0 Å². The molecule has 1 amide bonds. The van der Waals surface area contributed by atoms with E-state index >= 15 is 0 Å². The van der Waals surface area contributed by atoms with Crippen LogP contribution in [0, 0.1) is 0 Å². The Labute approximate surface area is 150 Å². The number of hydrogen-bond acceptors (Lipinski definition) is 4. The molecule has 7 nitrogen and oxygen atoms in total. The molecule has 1 aromatic heterocycles. The number of carbonyl (C=O) groups excluding carboxylic acids is 1. The summed E-state index contributed by atoms with van der Waals surface area (Å²) in [5, 5.41) is 0. The first-order chi connectivity index (χ1) is 11.6. The zero-order chi connectivity index (χ0) is 19.4. The predicted molar refractivity (Wildman–Crippen MR) is 97.9 cm³/mol. The van der Waals surface area contributed by atoms with Crippen LogP contribution in [0.1, 0.15) is 41.5 Å². The maximum Gasteiger partial charge on any atom is 0.251 e. The fraction of sp³-hybridized carbons (Fsp3) is 0.647. The van der Waals surface area contributed by atoms with E-state index in [1.54, 1.807) is 18.7 Å². The minimum Gasteiger partial charge on any atom is -0.336 e. The molecule has 0 atom stereocenters. The maximum absolute atomic E-state index is 12.6. The lowest BCUT2D eigenvalue weighted by molar-refractivity contribution is -0.135. The number of carbonyl (C=O) groups is 1. The topological polar surface area (TPSA) is 79.7 Å². The molecule has 0 saturated carbocycles. The van der Waals surface area contributed by atoms with E-state index in [0.29, 0.717) is 13.1 Å². The molecule has 1 rings (SSSR count). The quantitative estimate of drug-likeness (QED) is 0.694. The lowest BCUT2D eigenvalue weighted by Gasteiger charge is -2.31. The van der Waals surface area contributed by atoms with Gasteiger partial charge in [-0.25, -0.2) is 8.42 Å². The average molecular weight is 372 g/mol. The molecule has 0 N–H and O–H groups in total. The number of nitrogens with zero attached hydrogens (tertiary/aromatic N) is 3. The summed E-state index contributed by atoms with van der Waals surface area (Å²) in [6, 6.07) is 2.47. The first kappa shape index (κ1) is 21.4. The fourth-order valence-electron chi connectivity index (χ4n) is 2.90. The molecule has 0 spiro atoms. The summed E-state index contributed by atoms with van der Waals surface area (Å²) in [6.07, 6.45) is 1.26. The third-order valence-electron chi connectivity index (χ3n) is 4.01. The third-order valence-corrected chi connectivity index (χ3v) is 6.04. The van der Waals surface area contributed by atoms with Crippen LogP contribution in [0.3, 0.4) is 0 Å². The van der Waals surface area contributed by atoms with Crippen molar-refractivity contribution in [1.29, 1.82) is 0 Å². The van der Waals surface area contributed by atoms with Crippen LogP contribution in [-0.4, -0.2) is 53.3 Å². The van der Waals surface area contributed by atoms with Crippen LogP contribution in [0.25, 0.3) is 0 Å². The Morgan fingerprint density at radius 3 is 2.04 bits per heavy atom. The van der Waals surface area contributed by atoms with Crippen molar-refractivity contribution in [3.8, 4) is 0 Å². The van der Waals surface area contributed by atoms with Crippen molar-refractivity contribution in [3.63, 3.8) is 0 Å². The minimum atomic E-state index is -3.68. The number of rotatable bonds is 8. The summed E-state index contributed by atoms with van der Waals surface area (Å²) in [5.74, 6) is -0.218. The van der Waals surface area contributed by atoms with Gasteiger partial charge in [-0.05, 0) is 33.8 Å². The number of pyridine rings is 1. The molecule has 0 aliphatic rings. The summed E-state index contributed by atoms with van der Waals surface area (Å²) in [7, 11) is -3.68. The highest BCUT2D eigenvalue weighted by molar-refractivity contribution is 7.89. The van der Waals surface area contributed by atoms with Crippen molar-refractivity contribution in [3.05, 3.63) is 28.7 Å². The fourth-order valence-corrected chi connectivity index (χ4v) is 4.38. The van der Waals surface area contributed by atoms with E-state index in [1.807, 2.05) is 27.7 Å². The Kier molecular flexibility index (Phi) is 7.37. The number of hydrogen-bond donors (Lipinski definition) is 0. The molecule has 142 valence electrons. The average Bonchev–Trinajstić information content (AvgIpc) is 2.49. The molecule has 1 aromatic rings. The van der Waals surface area contributed by atoms with Gasteiger partial charge in [0.15, 0.2) is 0 Å². The molecule has 0 fully saturated rings. The smallest absolute Gasteiger partial charge is 0.251 e. The van der Waals surface area contributed by atoms with E-state index in [-0.39, 0.29) is 29.4 Å². The van der Waals surface area contributed by atoms with Crippen molar-refractivity contribution in [1.82, 2.24) is 13.8 Å². The van der Waals surface area contributed by atoms with Crippen LogP contribution in [0.4, 0.5) is 0 Å². The summed E-state index contributed by atoms with van der Waals surface area (Å²) in [4.78, 5) is 26.3. The van der Waals surface area contributed by atoms with Crippen molar-refractivity contribution < 1.29 is 13.2 Å². The van der Waals surface area contributed by atoms with Crippen LogP contribution in [-0.2, 0) is 21.4 Å². The molecule has 0 aromatic carbocycles. The standard InChI is InChI=1S/C17H29N3O4S/c1-7-19(8-2)25(23,24)15-9-10-16(21)18(11-15)12-17(22)20(13(3)4)14(5)6/h9-11,13-14H,7-8,12H2,1-6H3. The zero-order valence-corrected chi connectivity index (χ0v) is 16.7.